The summed E-state index contributed by atoms with van der Waals surface area (Å²) in [4.78, 5) is 4.90. The zero-order chi connectivity index (χ0) is 13.4. The molecular formula is C19H17N. The number of aromatic nitrogens is 1. The number of rotatable bonds is 1. The van der Waals surface area contributed by atoms with E-state index in [-0.39, 0.29) is 0 Å². The molecular weight excluding hydrogens is 242 g/mol. The molecule has 3 aromatic rings. The van der Waals surface area contributed by atoms with Crippen LogP contribution in [0.1, 0.15) is 24.1 Å². The molecule has 1 aliphatic rings. The van der Waals surface area contributed by atoms with Crippen LogP contribution in [0.5, 0.6) is 0 Å². The summed E-state index contributed by atoms with van der Waals surface area (Å²) >= 11 is 0. The number of pyridine rings is 1. The predicted octanol–water partition coefficient (Wildman–Crippen LogP) is 4.78. The normalized spacial score (nSPS) is 14.2. The van der Waals surface area contributed by atoms with Crippen molar-refractivity contribution < 1.29 is 0 Å². The van der Waals surface area contributed by atoms with Crippen molar-refractivity contribution in [2.75, 3.05) is 0 Å². The van der Waals surface area contributed by atoms with Gasteiger partial charge in [-0.25, -0.2) is 0 Å². The smallest absolute Gasteiger partial charge is 0.0711 e. The molecule has 1 aromatic heterocycles. The third-order valence-corrected chi connectivity index (χ3v) is 4.23. The number of nitrogens with zero attached hydrogens (tertiary/aromatic N) is 1. The highest BCUT2D eigenvalue weighted by Gasteiger charge is 2.18. The van der Waals surface area contributed by atoms with E-state index in [9.17, 15) is 0 Å². The van der Waals surface area contributed by atoms with E-state index in [0.717, 1.165) is 18.4 Å². The van der Waals surface area contributed by atoms with E-state index >= 15 is 0 Å². The van der Waals surface area contributed by atoms with Crippen molar-refractivity contribution in [1.29, 1.82) is 0 Å². The van der Waals surface area contributed by atoms with Gasteiger partial charge in [-0.3, -0.25) is 4.98 Å². The van der Waals surface area contributed by atoms with Gasteiger partial charge in [0.05, 0.1) is 5.52 Å². The van der Waals surface area contributed by atoms with Crippen LogP contribution in [0.3, 0.4) is 0 Å². The molecule has 2 aromatic carbocycles. The van der Waals surface area contributed by atoms with Gasteiger partial charge < -0.3 is 0 Å². The van der Waals surface area contributed by atoms with E-state index in [4.69, 9.17) is 4.98 Å². The Morgan fingerprint density at radius 2 is 1.50 bits per heavy atom. The van der Waals surface area contributed by atoms with Gasteiger partial charge in [0.25, 0.3) is 0 Å². The molecule has 1 heteroatoms. The molecule has 20 heavy (non-hydrogen) atoms. The molecule has 0 amide bonds. The van der Waals surface area contributed by atoms with Crippen LogP contribution in [0.25, 0.3) is 22.0 Å². The van der Waals surface area contributed by atoms with Crippen molar-refractivity contribution in [3.8, 4) is 11.1 Å². The Morgan fingerprint density at radius 3 is 2.40 bits per heavy atom. The van der Waals surface area contributed by atoms with E-state index in [1.54, 1.807) is 0 Å². The molecule has 1 heterocycles. The summed E-state index contributed by atoms with van der Waals surface area (Å²) in [7, 11) is 0. The van der Waals surface area contributed by atoms with E-state index in [1.807, 2.05) is 0 Å². The maximum atomic E-state index is 4.90. The summed E-state index contributed by atoms with van der Waals surface area (Å²) in [6, 6.07) is 19.3. The average Bonchev–Trinajstić information content (AvgIpc) is 2.53. The summed E-state index contributed by atoms with van der Waals surface area (Å²) in [5.74, 6) is 0. The zero-order valence-corrected chi connectivity index (χ0v) is 11.5. The lowest BCUT2D eigenvalue weighted by Gasteiger charge is -2.21. The first kappa shape index (κ1) is 11.7. The van der Waals surface area contributed by atoms with Gasteiger partial charge in [0.2, 0.25) is 0 Å². The van der Waals surface area contributed by atoms with E-state index < -0.39 is 0 Å². The minimum Gasteiger partial charge on any atom is -0.253 e. The van der Waals surface area contributed by atoms with Gasteiger partial charge in [0.15, 0.2) is 0 Å². The Morgan fingerprint density at radius 1 is 0.750 bits per heavy atom. The molecule has 0 atom stereocenters. The molecule has 98 valence electrons. The van der Waals surface area contributed by atoms with Gasteiger partial charge in [-0.1, -0.05) is 48.5 Å². The Hall–Kier alpha value is -2.15. The number of hydrogen-bond donors (Lipinski definition) is 0. The van der Waals surface area contributed by atoms with Gasteiger partial charge in [0.1, 0.15) is 0 Å². The first-order chi connectivity index (χ1) is 9.93. The SMILES string of the molecule is c1ccc(-c2c3c(nc4ccccc24)CCCC3)cc1. The summed E-state index contributed by atoms with van der Waals surface area (Å²) < 4.78 is 0. The van der Waals surface area contributed by atoms with Gasteiger partial charge >= 0.3 is 0 Å². The van der Waals surface area contributed by atoms with Crippen molar-refractivity contribution in [2.24, 2.45) is 0 Å². The molecule has 0 unspecified atom stereocenters. The molecule has 1 aliphatic carbocycles. The maximum Gasteiger partial charge on any atom is 0.0711 e. The standard InChI is InChI=1S/C19H17N/c1-2-8-14(9-3-1)19-15-10-4-6-12-17(15)20-18-13-7-5-11-16(18)19/h1-4,6,8-10,12H,5,7,11,13H2. The Labute approximate surface area is 119 Å². The predicted molar refractivity (Wildman–Crippen MR) is 83.8 cm³/mol. The number of benzene rings is 2. The fourth-order valence-electron chi connectivity index (χ4n) is 3.31. The van der Waals surface area contributed by atoms with Gasteiger partial charge in [-0.15, -0.1) is 0 Å². The monoisotopic (exact) mass is 259 g/mol. The van der Waals surface area contributed by atoms with Crippen molar-refractivity contribution in [3.63, 3.8) is 0 Å². The fourth-order valence-corrected chi connectivity index (χ4v) is 3.31. The van der Waals surface area contributed by atoms with Crippen LogP contribution in [0.2, 0.25) is 0 Å². The molecule has 4 rings (SSSR count). The molecule has 0 bridgehead atoms. The largest absolute Gasteiger partial charge is 0.253 e. The second-order valence-electron chi connectivity index (χ2n) is 5.50. The minimum absolute atomic E-state index is 1.13. The topological polar surface area (TPSA) is 12.9 Å². The van der Waals surface area contributed by atoms with E-state index in [0.29, 0.717) is 0 Å². The first-order valence-corrected chi connectivity index (χ1v) is 7.39. The third-order valence-electron chi connectivity index (χ3n) is 4.23. The van der Waals surface area contributed by atoms with Crippen LogP contribution in [0, 0.1) is 0 Å². The van der Waals surface area contributed by atoms with Crippen molar-refractivity contribution in [3.05, 3.63) is 65.9 Å². The number of aryl methyl sites for hydroxylation is 1. The Bertz CT molecular complexity index is 759. The molecule has 0 fully saturated rings. The summed E-state index contributed by atoms with van der Waals surface area (Å²) in [5, 5.41) is 1.29. The Kier molecular flexibility index (Phi) is 2.77. The molecule has 0 radical (unpaired) electrons. The van der Waals surface area contributed by atoms with Gasteiger partial charge in [-0.2, -0.15) is 0 Å². The molecule has 0 N–H and O–H groups in total. The quantitative estimate of drug-likeness (QED) is 0.613. The minimum atomic E-state index is 1.13. The molecule has 0 saturated heterocycles. The molecule has 0 spiro atoms. The van der Waals surface area contributed by atoms with Crippen LogP contribution < -0.4 is 0 Å². The van der Waals surface area contributed by atoms with Crippen molar-refractivity contribution in [2.45, 2.75) is 25.7 Å². The lowest BCUT2D eigenvalue weighted by Crippen LogP contribution is -2.08. The highest BCUT2D eigenvalue weighted by Crippen LogP contribution is 2.36. The van der Waals surface area contributed by atoms with Crippen LogP contribution in [0.4, 0.5) is 0 Å². The highest BCUT2D eigenvalue weighted by atomic mass is 14.7. The number of para-hydroxylation sites is 1. The number of fused-ring (bicyclic) bond motifs is 2. The average molecular weight is 259 g/mol. The molecule has 0 saturated carbocycles. The lowest BCUT2D eigenvalue weighted by atomic mass is 9.87. The maximum absolute atomic E-state index is 4.90. The van der Waals surface area contributed by atoms with Crippen LogP contribution in [0.15, 0.2) is 54.6 Å². The number of hydrogen-bond acceptors (Lipinski definition) is 1. The van der Waals surface area contributed by atoms with E-state index in [2.05, 4.69) is 54.6 Å². The highest BCUT2D eigenvalue weighted by molar-refractivity contribution is 5.96. The first-order valence-electron chi connectivity index (χ1n) is 7.39. The molecule has 0 aliphatic heterocycles. The van der Waals surface area contributed by atoms with Crippen molar-refractivity contribution in [1.82, 2.24) is 4.98 Å². The van der Waals surface area contributed by atoms with E-state index in [1.165, 1.54) is 40.6 Å². The van der Waals surface area contributed by atoms with Crippen molar-refractivity contribution >= 4 is 10.9 Å². The fraction of sp³-hybridized carbons (Fsp3) is 0.211. The third kappa shape index (κ3) is 1.82. The van der Waals surface area contributed by atoms with Crippen LogP contribution >= 0.6 is 0 Å². The van der Waals surface area contributed by atoms with Gasteiger partial charge in [-0.05, 0) is 48.4 Å². The second kappa shape index (κ2) is 4.75. The van der Waals surface area contributed by atoms with Crippen LogP contribution in [-0.2, 0) is 12.8 Å². The lowest BCUT2D eigenvalue weighted by molar-refractivity contribution is 0.672. The zero-order valence-electron chi connectivity index (χ0n) is 11.5. The summed E-state index contributed by atoms with van der Waals surface area (Å²) in [6.07, 6.45) is 4.84. The Balaban J connectivity index is 2.10. The summed E-state index contributed by atoms with van der Waals surface area (Å²) in [6.45, 7) is 0. The van der Waals surface area contributed by atoms with Crippen LogP contribution in [-0.4, -0.2) is 4.98 Å². The summed E-state index contributed by atoms with van der Waals surface area (Å²) in [5.41, 5.74) is 6.65. The van der Waals surface area contributed by atoms with Gasteiger partial charge in [0, 0.05) is 11.1 Å². The molecule has 1 nitrogen and oxygen atoms in total. The second-order valence-corrected chi connectivity index (χ2v) is 5.50.